The van der Waals surface area contributed by atoms with Crippen LogP contribution in [0.4, 0.5) is 0 Å². The summed E-state index contributed by atoms with van der Waals surface area (Å²) < 4.78 is 27.6. The highest BCUT2D eigenvalue weighted by molar-refractivity contribution is 7.87. The maximum atomic E-state index is 11.5. The van der Waals surface area contributed by atoms with Crippen molar-refractivity contribution in [1.82, 2.24) is 0 Å². The molecular weight excluding hydrogens is 252 g/mol. The summed E-state index contributed by atoms with van der Waals surface area (Å²) in [7, 11) is -2.11. The first-order valence-electron chi connectivity index (χ1n) is 6.98. The third kappa shape index (κ3) is 8.06. The van der Waals surface area contributed by atoms with Crippen molar-refractivity contribution in [3.05, 3.63) is 0 Å². The van der Waals surface area contributed by atoms with Crippen molar-refractivity contribution < 1.29 is 17.7 Å². The lowest BCUT2D eigenvalue weighted by Gasteiger charge is -2.13. The highest BCUT2D eigenvalue weighted by atomic mass is 32.2. The molecule has 0 heterocycles. The SMILES string of the molecule is CCC(CCCCCCCCCO)S(=O)(=O)OC. The first-order chi connectivity index (χ1) is 8.58. The Kier molecular flexibility index (Phi) is 10.7. The maximum absolute atomic E-state index is 11.5. The zero-order valence-corrected chi connectivity index (χ0v) is 12.5. The molecule has 0 aliphatic heterocycles. The summed E-state index contributed by atoms with van der Waals surface area (Å²) in [6, 6.07) is 0. The van der Waals surface area contributed by atoms with Crippen LogP contribution in [0.3, 0.4) is 0 Å². The molecule has 1 atom stereocenters. The van der Waals surface area contributed by atoms with Gasteiger partial charge in [-0.3, -0.25) is 4.18 Å². The second-order valence-electron chi connectivity index (χ2n) is 4.68. The van der Waals surface area contributed by atoms with E-state index < -0.39 is 10.1 Å². The Morgan fingerprint density at radius 3 is 1.94 bits per heavy atom. The van der Waals surface area contributed by atoms with E-state index in [0.29, 0.717) is 12.8 Å². The molecule has 0 aliphatic rings. The van der Waals surface area contributed by atoms with Gasteiger partial charge < -0.3 is 5.11 Å². The Bertz CT molecular complexity index is 275. The van der Waals surface area contributed by atoms with Crippen molar-refractivity contribution in [2.45, 2.75) is 70.0 Å². The summed E-state index contributed by atoms with van der Waals surface area (Å²) >= 11 is 0. The zero-order valence-electron chi connectivity index (χ0n) is 11.7. The van der Waals surface area contributed by atoms with Crippen LogP contribution in [0.1, 0.15) is 64.7 Å². The van der Waals surface area contributed by atoms with Crippen LogP contribution >= 0.6 is 0 Å². The highest BCUT2D eigenvalue weighted by Crippen LogP contribution is 2.17. The van der Waals surface area contributed by atoms with Crippen molar-refractivity contribution in [3.63, 3.8) is 0 Å². The molecule has 4 nitrogen and oxygen atoms in total. The van der Waals surface area contributed by atoms with Crippen LogP contribution in [-0.4, -0.2) is 32.5 Å². The molecule has 0 rings (SSSR count). The van der Waals surface area contributed by atoms with Gasteiger partial charge in [-0.15, -0.1) is 0 Å². The van der Waals surface area contributed by atoms with Crippen LogP contribution in [-0.2, 0) is 14.3 Å². The monoisotopic (exact) mass is 280 g/mol. The molecular formula is C13H28O4S. The van der Waals surface area contributed by atoms with Gasteiger partial charge in [0.1, 0.15) is 0 Å². The van der Waals surface area contributed by atoms with E-state index >= 15 is 0 Å². The lowest BCUT2D eigenvalue weighted by atomic mass is 10.1. The Balaban J connectivity index is 3.58. The summed E-state index contributed by atoms with van der Waals surface area (Å²) in [6.45, 7) is 2.17. The molecule has 0 saturated carbocycles. The zero-order chi connectivity index (χ0) is 13.9. The largest absolute Gasteiger partial charge is 0.396 e. The van der Waals surface area contributed by atoms with Gasteiger partial charge >= 0.3 is 0 Å². The predicted octanol–water partition coefficient (Wildman–Crippen LogP) is 2.85. The van der Waals surface area contributed by atoms with Crippen molar-refractivity contribution in [2.75, 3.05) is 13.7 Å². The number of hydrogen-bond acceptors (Lipinski definition) is 4. The van der Waals surface area contributed by atoms with E-state index in [0.717, 1.165) is 38.5 Å². The minimum atomic E-state index is -3.34. The van der Waals surface area contributed by atoms with Crippen molar-refractivity contribution in [3.8, 4) is 0 Å². The summed E-state index contributed by atoms with van der Waals surface area (Å²) in [5.41, 5.74) is 0. The van der Waals surface area contributed by atoms with E-state index in [9.17, 15) is 8.42 Å². The fraction of sp³-hybridized carbons (Fsp3) is 1.00. The second kappa shape index (κ2) is 10.8. The van der Waals surface area contributed by atoms with Gasteiger partial charge in [0.25, 0.3) is 10.1 Å². The van der Waals surface area contributed by atoms with Gasteiger partial charge in [0.2, 0.25) is 0 Å². The van der Waals surface area contributed by atoms with Crippen molar-refractivity contribution in [2.24, 2.45) is 0 Å². The molecule has 1 unspecified atom stereocenters. The Morgan fingerprint density at radius 1 is 1.00 bits per heavy atom. The molecule has 0 bridgehead atoms. The Morgan fingerprint density at radius 2 is 1.50 bits per heavy atom. The van der Waals surface area contributed by atoms with Gasteiger partial charge in [0.15, 0.2) is 0 Å². The minimum absolute atomic E-state index is 0.285. The molecule has 5 heteroatoms. The quantitative estimate of drug-likeness (QED) is 0.441. The van der Waals surface area contributed by atoms with Crippen LogP contribution in [0.15, 0.2) is 0 Å². The highest BCUT2D eigenvalue weighted by Gasteiger charge is 2.22. The summed E-state index contributed by atoms with van der Waals surface area (Å²) in [4.78, 5) is 0. The number of aliphatic hydroxyl groups excluding tert-OH is 1. The van der Waals surface area contributed by atoms with Gasteiger partial charge in [0, 0.05) is 6.61 Å². The van der Waals surface area contributed by atoms with Crippen molar-refractivity contribution >= 4 is 10.1 Å². The van der Waals surface area contributed by atoms with Crippen LogP contribution < -0.4 is 0 Å². The van der Waals surface area contributed by atoms with Gasteiger partial charge in [-0.05, 0) is 19.3 Å². The van der Waals surface area contributed by atoms with E-state index in [4.69, 9.17) is 5.11 Å². The Hall–Kier alpha value is -0.130. The summed E-state index contributed by atoms with van der Waals surface area (Å²) in [5.74, 6) is 0. The molecule has 0 aromatic heterocycles. The van der Waals surface area contributed by atoms with E-state index in [1.54, 1.807) is 0 Å². The lowest BCUT2D eigenvalue weighted by molar-refractivity contribution is 0.282. The van der Waals surface area contributed by atoms with Crippen LogP contribution in [0.25, 0.3) is 0 Å². The average Bonchev–Trinajstić information content (AvgIpc) is 2.36. The van der Waals surface area contributed by atoms with Crippen LogP contribution in [0.5, 0.6) is 0 Å². The second-order valence-corrected chi connectivity index (χ2v) is 6.66. The molecule has 0 saturated heterocycles. The fourth-order valence-electron chi connectivity index (χ4n) is 2.06. The molecule has 0 aromatic carbocycles. The molecule has 1 N–H and O–H groups in total. The van der Waals surface area contributed by atoms with Gasteiger partial charge in [0.05, 0.1) is 12.4 Å². The molecule has 0 spiro atoms. The van der Waals surface area contributed by atoms with Gasteiger partial charge in [-0.1, -0.05) is 45.4 Å². The van der Waals surface area contributed by atoms with E-state index in [-0.39, 0.29) is 11.9 Å². The third-order valence-electron chi connectivity index (χ3n) is 3.28. The molecule has 0 aliphatic carbocycles. The number of aliphatic hydroxyl groups is 1. The maximum Gasteiger partial charge on any atom is 0.269 e. The van der Waals surface area contributed by atoms with Gasteiger partial charge in [-0.25, -0.2) is 0 Å². The number of rotatable bonds is 12. The first-order valence-corrected chi connectivity index (χ1v) is 8.46. The topological polar surface area (TPSA) is 63.6 Å². The number of unbranched alkanes of at least 4 members (excludes halogenated alkanes) is 6. The summed E-state index contributed by atoms with van der Waals surface area (Å²) in [5, 5.41) is 8.28. The first kappa shape index (κ1) is 17.9. The lowest BCUT2D eigenvalue weighted by Crippen LogP contribution is -2.21. The molecule has 0 amide bonds. The van der Waals surface area contributed by atoms with Gasteiger partial charge in [-0.2, -0.15) is 8.42 Å². The molecule has 0 aromatic rings. The molecule has 0 radical (unpaired) electrons. The van der Waals surface area contributed by atoms with Crippen molar-refractivity contribution in [1.29, 1.82) is 0 Å². The average molecular weight is 280 g/mol. The van der Waals surface area contributed by atoms with E-state index in [1.807, 2.05) is 6.92 Å². The molecule has 0 fully saturated rings. The van der Waals surface area contributed by atoms with Crippen LogP contribution in [0, 0.1) is 0 Å². The van der Waals surface area contributed by atoms with Crippen LogP contribution in [0.2, 0.25) is 0 Å². The predicted molar refractivity (Wildman–Crippen MR) is 74.0 cm³/mol. The normalized spacial score (nSPS) is 13.7. The molecule has 18 heavy (non-hydrogen) atoms. The third-order valence-corrected chi connectivity index (χ3v) is 5.13. The summed E-state index contributed by atoms with van der Waals surface area (Å²) in [6.07, 6.45) is 8.80. The standard InChI is InChI=1S/C13H28O4S/c1-3-13(18(15,16)17-2)11-9-7-5-4-6-8-10-12-14/h13-14H,3-12H2,1-2H3. The number of hydrogen-bond donors (Lipinski definition) is 1. The van der Waals surface area contributed by atoms with E-state index in [1.165, 1.54) is 13.5 Å². The van der Waals surface area contributed by atoms with E-state index in [2.05, 4.69) is 4.18 Å². The minimum Gasteiger partial charge on any atom is -0.396 e. The smallest absolute Gasteiger partial charge is 0.269 e. The Labute approximate surface area is 112 Å². The fourth-order valence-corrected chi connectivity index (χ4v) is 3.19. The molecule has 110 valence electrons.